The van der Waals surface area contributed by atoms with Gasteiger partial charge in [0.05, 0.1) is 0 Å². The van der Waals surface area contributed by atoms with Crippen molar-refractivity contribution in [3.63, 3.8) is 0 Å². The first-order chi connectivity index (χ1) is 6.66. The van der Waals surface area contributed by atoms with E-state index in [0.29, 0.717) is 6.61 Å². The summed E-state index contributed by atoms with van der Waals surface area (Å²) >= 11 is 0. The molecule has 0 fully saturated rings. The molecule has 0 spiro atoms. The maximum atomic E-state index is 11.1. The quantitative estimate of drug-likeness (QED) is 0.676. The van der Waals surface area contributed by atoms with Crippen molar-refractivity contribution in [2.45, 2.75) is 13.8 Å². The van der Waals surface area contributed by atoms with E-state index < -0.39 is 0 Å². The Bertz CT molecular complexity index is 416. The Morgan fingerprint density at radius 1 is 1.43 bits per heavy atom. The lowest BCUT2D eigenvalue weighted by Crippen LogP contribution is -2.12. The fourth-order valence-electron chi connectivity index (χ4n) is 1.47. The van der Waals surface area contributed by atoms with Crippen LogP contribution in [0.5, 0.6) is 5.75 Å². The van der Waals surface area contributed by atoms with Gasteiger partial charge in [-0.15, -0.1) is 0 Å². The lowest BCUT2D eigenvalue weighted by Gasteiger charge is -2.16. The van der Waals surface area contributed by atoms with Gasteiger partial charge >= 0.3 is 0 Å². The molecule has 0 aromatic heterocycles. The lowest BCUT2D eigenvalue weighted by molar-refractivity contribution is -0.113. The number of aryl methyl sites for hydroxylation is 1. The van der Waals surface area contributed by atoms with E-state index in [4.69, 9.17) is 4.74 Å². The molecule has 0 bridgehead atoms. The molecule has 1 heterocycles. The van der Waals surface area contributed by atoms with Crippen LogP contribution in [-0.2, 0) is 4.79 Å². The highest BCUT2D eigenvalue weighted by molar-refractivity contribution is 5.99. The van der Waals surface area contributed by atoms with E-state index in [1.54, 1.807) is 6.92 Å². The van der Waals surface area contributed by atoms with Crippen LogP contribution in [0, 0.1) is 6.92 Å². The number of rotatable bonds is 1. The van der Waals surface area contributed by atoms with Gasteiger partial charge in [-0.1, -0.05) is 12.1 Å². The van der Waals surface area contributed by atoms with E-state index in [9.17, 15) is 4.79 Å². The molecule has 1 aromatic carbocycles. The molecular weight excluding hydrogens is 176 g/mol. The molecule has 0 atom stereocenters. The second-order valence-electron chi connectivity index (χ2n) is 3.56. The maximum absolute atomic E-state index is 11.1. The van der Waals surface area contributed by atoms with Gasteiger partial charge in [0.25, 0.3) is 0 Å². The van der Waals surface area contributed by atoms with Crippen LogP contribution in [0.2, 0.25) is 0 Å². The third kappa shape index (κ3) is 1.55. The van der Waals surface area contributed by atoms with Crippen LogP contribution in [-0.4, -0.2) is 12.4 Å². The number of benzene rings is 1. The summed E-state index contributed by atoms with van der Waals surface area (Å²) in [7, 11) is 0. The van der Waals surface area contributed by atoms with Gasteiger partial charge < -0.3 is 4.74 Å². The van der Waals surface area contributed by atoms with Crippen molar-refractivity contribution < 1.29 is 9.53 Å². The molecule has 1 aromatic rings. The van der Waals surface area contributed by atoms with E-state index in [1.165, 1.54) is 5.56 Å². The molecule has 0 saturated carbocycles. The van der Waals surface area contributed by atoms with Crippen molar-refractivity contribution in [1.29, 1.82) is 0 Å². The molecule has 2 nitrogen and oxygen atoms in total. The summed E-state index contributed by atoms with van der Waals surface area (Å²) in [5, 5.41) is 0. The highest BCUT2D eigenvalue weighted by Crippen LogP contribution is 2.27. The highest BCUT2D eigenvalue weighted by atomic mass is 16.5. The summed E-state index contributed by atoms with van der Waals surface area (Å²) in [6, 6.07) is 5.98. The monoisotopic (exact) mass is 188 g/mol. The van der Waals surface area contributed by atoms with Gasteiger partial charge in [-0.05, 0) is 31.6 Å². The van der Waals surface area contributed by atoms with Gasteiger partial charge in [0.2, 0.25) is 0 Å². The van der Waals surface area contributed by atoms with Crippen molar-refractivity contribution in [3.8, 4) is 5.75 Å². The van der Waals surface area contributed by atoms with Crippen LogP contribution >= 0.6 is 0 Å². The molecule has 0 radical (unpaired) electrons. The van der Waals surface area contributed by atoms with Crippen LogP contribution in [0.1, 0.15) is 18.1 Å². The average Bonchev–Trinajstić information content (AvgIpc) is 2.16. The number of hydrogen-bond acceptors (Lipinski definition) is 2. The zero-order valence-electron chi connectivity index (χ0n) is 8.33. The number of ether oxygens (including phenoxy) is 1. The summed E-state index contributed by atoms with van der Waals surface area (Å²) in [5.41, 5.74) is 2.90. The molecule has 2 rings (SSSR count). The Kier molecular flexibility index (Phi) is 2.12. The minimum atomic E-state index is 0.0798. The Labute approximate surface area is 83.2 Å². The third-order valence-corrected chi connectivity index (χ3v) is 2.33. The summed E-state index contributed by atoms with van der Waals surface area (Å²) in [5.74, 6) is 0.950. The zero-order chi connectivity index (χ0) is 10.1. The van der Waals surface area contributed by atoms with Crippen molar-refractivity contribution in [2.24, 2.45) is 0 Å². The van der Waals surface area contributed by atoms with Gasteiger partial charge in [0.1, 0.15) is 12.4 Å². The van der Waals surface area contributed by atoms with Crippen LogP contribution in [0.4, 0.5) is 0 Å². The summed E-state index contributed by atoms with van der Waals surface area (Å²) < 4.78 is 5.49. The molecule has 72 valence electrons. The molecule has 0 aliphatic carbocycles. The molecule has 0 unspecified atom stereocenters. The summed E-state index contributed by atoms with van der Waals surface area (Å²) in [6.07, 6.45) is 1.90. The minimum Gasteiger partial charge on any atom is -0.488 e. The van der Waals surface area contributed by atoms with Crippen LogP contribution in [0.3, 0.4) is 0 Å². The number of Topliss-reactive ketones (excluding diaryl/α,β-unsaturated/α-hetero) is 1. The van der Waals surface area contributed by atoms with Crippen LogP contribution in [0.25, 0.3) is 6.08 Å². The molecule has 0 amide bonds. The molecule has 1 aliphatic heterocycles. The van der Waals surface area contributed by atoms with E-state index in [-0.39, 0.29) is 5.78 Å². The van der Waals surface area contributed by atoms with E-state index in [2.05, 4.69) is 0 Å². The first kappa shape index (κ1) is 9.00. The van der Waals surface area contributed by atoms with Gasteiger partial charge in [-0.3, -0.25) is 4.79 Å². The first-order valence-electron chi connectivity index (χ1n) is 4.62. The lowest BCUT2D eigenvalue weighted by atomic mass is 10.0. The molecule has 14 heavy (non-hydrogen) atoms. The fraction of sp³-hybridized carbons (Fsp3) is 0.250. The summed E-state index contributed by atoms with van der Waals surface area (Å²) in [6.45, 7) is 3.98. The Hall–Kier alpha value is -1.57. The van der Waals surface area contributed by atoms with Crippen molar-refractivity contribution in [1.82, 2.24) is 0 Å². The largest absolute Gasteiger partial charge is 0.488 e. The van der Waals surface area contributed by atoms with E-state index >= 15 is 0 Å². The zero-order valence-corrected chi connectivity index (χ0v) is 8.33. The van der Waals surface area contributed by atoms with Gasteiger partial charge in [0.15, 0.2) is 5.78 Å². The number of carbonyl (C=O) groups is 1. The van der Waals surface area contributed by atoms with Crippen LogP contribution < -0.4 is 4.74 Å². The number of ketones is 1. The normalized spacial score (nSPS) is 14.0. The number of carbonyl (C=O) groups excluding carboxylic acids is 1. The summed E-state index contributed by atoms with van der Waals surface area (Å²) in [4.78, 5) is 11.1. The smallest absolute Gasteiger partial charge is 0.159 e. The Balaban J connectivity index is 2.45. The molecule has 0 saturated heterocycles. The van der Waals surface area contributed by atoms with Gasteiger partial charge in [-0.25, -0.2) is 0 Å². The Morgan fingerprint density at radius 2 is 2.21 bits per heavy atom. The SMILES string of the molecule is CC(=O)C1=Cc2ccc(C)cc2OC1. The molecular formula is C12H12O2. The second kappa shape index (κ2) is 3.29. The van der Waals surface area contributed by atoms with Crippen molar-refractivity contribution in [2.75, 3.05) is 6.61 Å². The average molecular weight is 188 g/mol. The first-order valence-corrected chi connectivity index (χ1v) is 4.62. The fourth-order valence-corrected chi connectivity index (χ4v) is 1.47. The third-order valence-electron chi connectivity index (χ3n) is 2.33. The highest BCUT2D eigenvalue weighted by Gasteiger charge is 2.13. The van der Waals surface area contributed by atoms with Gasteiger partial charge in [0, 0.05) is 11.1 Å². The topological polar surface area (TPSA) is 26.3 Å². The van der Waals surface area contributed by atoms with E-state index in [1.807, 2.05) is 31.2 Å². The van der Waals surface area contributed by atoms with Crippen LogP contribution in [0.15, 0.2) is 23.8 Å². The van der Waals surface area contributed by atoms with E-state index in [0.717, 1.165) is 16.9 Å². The second-order valence-corrected chi connectivity index (χ2v) is 3.56. The molecule has 1 aliphatic rings. The number of fused-ring (bicyclic) bond motifs is 1. The predicted octanol–water partition coefficient (Wildman–Crippen LogP) is 2.36. The van der Waals surface area contributed by atoms with Crippen molar-refractivity contribution >= 4 is 11.9 Å². The van der Waals surface area contributed by atoms with Gasteiger partial charge in [-0.2, -0.15) is 0 Å². The predicted molar refractivity (Wildman–Crippen MR) is 55.3 cm³/mol. The molecule has 0 N–H and O–H groups in total. The maximum Gasteiger partial charge on any atom is 0.159 e. The Morgan fingerprint density at radius 3 is 2.93 bits per heavy atom. The number of hydrogen-bond donors (Lipinski definition) is 0. The van der Waals surface area contributed by atoms with Crippen molar-refractivity contribution in [3.05, 3.63) is 34.9 Å². The molecule has 2 heteroatoms. The minimum absolute atomic E-state index is 0.0798. The standard InChI is InChI=1S/C12H12O2/c1-8-3-4-10-6-11(9(2)13)7-14-12(10)5-8/h3-6H,7H2,1-2H3.